The molecule has 0 atom stereocenters. The van der Waals surface area contributed by atoms with Crippen LogP contribution in [0, 0.1) is 12.8 Å². The van der Waals surface area contributed by atoms with Crippen molar-refractivity contribution in [1.29, 1.82) is 0 Å². The first-order chi connectivity index (χ1) is 13.2. The van der Waals surface area contributed by atoms with Gasteiger partial charge < -0.3 is 15.5 Å². The molecule has 1 saturated heterocycles. The number of aryl methyl sites for hydroxylation is 1. The standard InChI is InChI=1S/C20H33N5OS/c1-3-21-20(23-15-18-16(2)7-14-27-18)22-8-9-24-10-12-25(13-11-24)19(26)17-5-4-6-17/h7,14,17H,3-6,8-13,15H2,1-2H3,(H2,21,22,23). The van der Waals surface area contributed by atoms with Crippen LogP contribution < -0.4 is 10.6 Å². The maximum absolute atomic E-state index is 12.3. The summed E-state index contributed by atoms with van der Waals surface area (Å²) in [6, 6.07) is 2.14. The van der Waals surface area contributed by atoms with Crippen LogP contribution in [0.25, 0.3) is 0 Å². The van der Waals surface area contributed by atoms with Crippen molar-refractivity contribution in [3.63, 3.8) is 0 Å². The van der Waals surface area contributed by atoms with Gasteiger partial charge in [0.1, 0.15) is 0 Å². The molecule has 0 aromatic carbocycles. The summed E-state index contributed by atoms with van der Waals surface area (Å²) in [5.41, 5.74) is 1.31. The number of nitrogens with zero attached hydrogens (tertiary/aromatic N) is 3. The lowest BCUT2D eigenvalue weighted by atomic mass is 9.84. The third-order valence-electron chi connectivity index (χ3n) is 5.55. The van der Waals surface area contributed by atoms with Crippen LogP contribution >= 0.6 is 11.3 Å². The second-order valence-corrected chi connectivity index (χ2v) is 8.44. The van der Waals surface area contributed by atoms with Gasteiger partial charge in [-0.15, -0.1) is 11.3 Å². The second kappa shape index (κ2) is 10.1. The zero-order valence-electron chi connectivity index (χ0n) is 16.7. The van der Waals surface area contributed by atoms with Gasteiger partial charge in [-0.1, -0.05) is 6.42 Å². The summed E-state index contributed by atoms with van der Waals surface area (Å²) in [6.07, 6.45) is 3.42. The Bertz CT molecular complexity index is 632. The summed E-state index contributed by atoms with van der Waals surface area (Å²) in [5, 5.41) is 8.88. The number of hydrogen-bond acceptors (Lipinski definition) is 4. The highest BCUT2D eigenvalue weighted by Crippen LogP contribution is 2.28. The number of carbonyl (C=O) groups excluding carboxylic acids is 1. The SMILES string of the molecule is CCNC(=NCc1sccc1C)NCCN1CCN(C(=O)C2CCC2)CC1. The number of hydrogen-bond donors (Lipinski definition) is 2. The van der Waals surface area contributed by atoms with Gasteiger partial charge >= 0.3 is 0 Å². The maximum atomic E-state index is 12.3. The van der Waals surface area contributed by atoms with E-state index in [0.29, 0.717) is 11.8 Å². The molecule has 2 N–H and O–H groups in total. The van der Waals surface area contributed by atoms with E-state index in [1.807, 2.05) is 0 Å². The fourth-order valence-corrected chi connectivity index (χ4v) is 4.33. The number of nitrogens with one attached hydrogen (secondary N) is 2. The first kappa shape index (κ1) is 20.1. The van der Waals surface area contributed by atoms with E-state index < -0.39 is 0 Å². The molecular weight excluding hydrogens is 358 g/mol. The van der Waals surface area contributed by atoms with Crippen LogP contribution in [-0.2, 0) is 11.3 Å². The van der Waals surface area contributed by atoms with E-state index in [-0.39, 0.29) is 0 Å². The molecule has 1 saturated carbocycles. The van der Waals surface area contributed by atoms with Gasteiger partial charge in [-0.05, 0) is 43.7 Å². The molecule has 1 aromatic heterocycles. The molecule has 6 nitrogen and oxygen atoms in total. The first-order valence-electron chi connectivity index (χ1n) is 10.2. The fourth-order valence-electron chi connectivity index (χ4n) is 3.50. The van der Waals surface area contributed by atoms with Gasteiger partial charge in [0.25, 0.3) is 0 Å². The zero-order valence-corrected chi connectivity index (χ0v) is 17.5. The van der Waals surface area contributed by atoms with Crippen LogP contribution in [0.15, 0.2) is 16.4 Å². The minimum absolute atomic E-state index is 0.323. The Kier molecular flexibility index (Phi) is 7.52. The maximum Gasteiger partial charge on any atom is 0.225 e. The van der Waals surface area contributed by atoms with Crippen LogP contribution in [0.5, 0.6) is 0 Å². The van der Waals surface area contributed by atoms with Crippen LogP contribution in [0.2, 0.25) is 0 Å². The predicted octanol–water partition coefficient (Wildman–Crippen LogP) is 2.06. The molecule has 0 unspecified atom stereocenters. The van der Waals surface area contributed by atoms with Crippen LogP contribution in [-0.4, -0.2) is 67.5 Å². The van der Waals surface area contributed by atoms with Crippen molar-refractivity contribution < 1.29 is 4.79 Å². The fraction of sp³-hybridized carbons (Fsp3) is 0.700. The summed E-state index contributed by atoms with van der Waals surface area (Å²) in [6.45, 7) is 11.4. The molecule has 1 aliphatic carbocycles. The predicted molar refractivity (Wildman–Crippen MR) is 112 cm³/mol. The normalized spacial score (nSPS) is 19.0. The molecule has 0 spiro atoms. The molecule has 27 heavy (non-hydrogen) atoms. The van der Waals surface area contributed by atoms with Crippen LogP contribution in [0.3, 0.4) is 0 Å². The summed E-state index contributed by atoms with van der Waals surface area (Å²) >= 11 is 1.76. The molecule has 1 aliphatic heterocycles. The van der Waals surface area contributed by atoms with E-state index in [1.54, 1.807) is 11.3 Å². The van der Waals surface area contributed by atoms with E-state index in [9.17, 15) is 4.79 Å². The third kappa shape index (κ3) is 5.69. The number of rotatable bonds is 7. The Morgan fingerprint density at radius 1 is 1.26 bits per heavy atom. The van der Waals surface area contributed by atoms with Gasteiger partial charge in [-0.2, -0.15) is 0 Å². The number of aliphatic imine (C=N–C) groups is 1. The Balaban J connectivity index is 1.37. The molecule has 3 rings (SSSR count). The Morgan fingerprint density at radius 3 is 2.63 bits per heavy atom. The lowest BCUT2D eigenvalue weighted by molar-refractivity contribution is -0.139. The number of amides is 1. The van der Waals surface area contributed by atoms with E-state index in [2.05, 4.69) is 45.7 Å². The first-order valence-corrected chi connectivity index (χ1v) is 11.1. The molecule has 1 amide bonds. The summed E-state index contributed by atoms with van der Waals surface area (Å²) in [7, 11) is 0. The van der Waals surface area contributed by atoms with Gasteiger partial charge in [-0.25, -0.2) is 4.99 Å². The van der Waals surface area contributed by atoms with Crippen molar-refractivity contribution in [3.8, 4) is 0 Å². The van der Waals surface area contributed by atoms with E-state index in [1.165, 1.54) is 16.9 Å². The van der Waals surface area contributed by atoms with Crippen molar-refractivity contribution in [2.75, 3.05) is 45.8 Å². The summed E-state index contributed by atoms with van der Waals surface area (Å²) < 4.78 is 0. The van der Waals surface area contributed by atoms with Crippen molar-refractivity contribution in [2.24, 2.45) is 10.9 Å². The highest BCUT2D eigenvalue weighted by atomic mass is 32.1. The van der Waals surface area contributed by atoms with Gasteiger partial charge in [0, 0.05) is 56.6 Å². The van der Waals surface area contributed by atoms with Crippen molar-refractivity contribution in [3.05, 3.63) is 21.9 Å². The number of piperazine rings is 1. The van der Waals surface area contributed by atoms with E-state index in [4.69, 9.17) is 4.99 Å². The number of guanidine groups is 1. The lowest BCUT2D eigenvalue weighted by Crippen LogP contribution is -2.52. The minimum Gasteiger partial charge on any atom is -0.357 e. The van der Waals surface area contributed by atoms with Crippen LogP contribution in [0.4, 0.5) is 0 Å². The molecule has 1 aromatic rings. The largest absolute Gasteiger partial charge is 0.357 e. The average Bonchev–Trinajstić information content (AvgIpc) is 3.03. The van der Waals surface area contributed by atoms with Gasteiger partial charge in [0.05, 0.1) is 6.54 Å². The highest BCUT2D eigenvalue weighted by Gasteiger charge is 2.30. The van der Waals surface area contributed by atoms with E-state index >= 15 is 0 Å². The summed E-state index contributed by atoms with van der Waals surface area (Å²) in [4.78, 5) is 22.9. The highest BCUT2D eigenvalue weighted by molar-refractivity contribution is 7.10. The molecule has 2 aliphatic rings. The average molecular weight is 392 g/mol. The molecule has 150 valence electrons. The smallest absolute Gasteiger partial charge is 0.225 e. The number of thiophene rings is 1. The van der Waals surface area contributed by atoms with Crippen molar-refractivity contribution in [1.82, 2.24) is 20.4 Å². The van der Waals surface area contributed by atoms with Crippen LogP contribution in [0.1, 0.15) is 36.6 Å². The van der Waals surface area contributed by atoms with Crippen molar-refractivity contribution in [2.45, 2.75) is 39.7 Å². The van der Waals surface area contributed by atoms with Gasteiger partial charge in [0.15, 0.2) is 5.96 Å². The minimum atomic E-state index is 0.323. The molecule has 0 radical (unpaired) electrons. The van der Waals surface area contributed by atoms with E-state index in [0.717, 1.165) is 71.2 Å². The Labute approximate surface area is 167 Å². The Hall–Kier alpha value is -1.60. The second-order valence-electron chi connectivity index (χ2n) is 7.44. The van der Waals surface area contributed by atoms with Gasteiger partial charge in [-0.3, -0.25) is 9.69 Å². The number of carbonyl (C=O) groups is 1. The van der Waals surface area contributed by atoms with Gasteiger partial charge in [0.2, 0.25) is 5.91 Å². The summed E-state index contributed by atoms with van der Waals surface area (Å²) in [5.74, 6) is 1.60. The monoisotopic (exact) mass is 391 g/mol. The third-order valence-corrected chi connectivity index (χ3v) is 6.56. The lowest BCUT2D eigenvalue weighted by Gasteiger charge is -2.38. The zero-order chi connectivity index (χ0) is 19.1. The molecule has 0 bridgehead atoms. The Morgan fingerprint density at radius 2 is 2.04 bits per heavy atom. The topological polar surface area (TPSA) is 60.0 Å². The molecular formula is C20H33N5OS. The molecule has 2 heterocycles. The molecule has 2 fully saturated rings. The molecule has 7 heteroatoms. The quantitative estimate of drug-likeness (QED) is 0.552. The van der Waals surface area contributed by atoms with Crippen molar-refractivity contribution >= 4 is 23.2 Å².